The molecular weight excluding hydrogens is 268 g/mol. The normalized spacial score (nSPS) is 10.9. The molecule has 0 radical (unpaired) electrons. The first kappa shape index (κ1) is 15.9. The van der Waals surface area contributed by atoms with Crippen molar-refractivity contribution >= 4 is 17.3 Å². The van der Waals surface area contributed by atoms with Gasteiger partial charge in [0.15, 0.2) is 0 Å². The van der Waals surface area contributed by atoms with Crippen molar-refractivity contribution in [3.05, 3.63) is 38.9 Å². The number of rotatable bonds is 8. The Kier molecular flexibility index (Phi) is 6.77. The quantitative estimate of drug-likeness (QED) is 0.419. The highest BCUT2D eigenvalue weighted by Gasteiger charge is 2.13. The zero-order chi connectivity index (χ0) is 14.3. The smallest absolute Gasteiger partial charge is 0.288 e. The number of ether oxygens (including phenoxy) is 1. The van der Waals surface area contributed by atoms with Gasteiger partial charge in [-0.3, -0.25) is 15.0 Å². The maximum atomic E-state index is 10.8. The van der Waals surface area contributed by atoms with Gasteiger partial charge in [0.05, 0.1) is 11.5 Å². The number of hydrogen-bond acceptors (Lipinski definition) is 4. The van der Waals surface area contributed by atoms with E-state index in [0.29, 0.717) is 19.8 Å². The van der Waals surface area contributed by atoms with E-state index in [0.717, 1.165) is 18.7 Å². The topological polar surface area (TPSA) is 55.6 Å². The first-order valence-electron chi connectivity index (χ1n) is 6.31. The molecule has 0 aromatic heterocycles. The molecular formula is C13H19ClN2O3. The number of halogens is 1. The van der Waals surface area contributed by atoms with Crippen molar-refractivity contribution in [3.63, 3.8) is 0 Å². The fourth-order valence-corrected chi connectivity index (χ4v) is 1.93. The number of nitro groups is 1. The predicted octanol–water partition coefficient (Wildman–Crippen LogP) is 3.11. The Morgan fingerprint density at radius 3 is 2.74 bits per heavy atom. The summed E-state index contributed by atoms with van der Waals surface area (Å²) in [6.07, 6.45) is 0. The molecule has 106 valence electrons. The van der Waals surface area contributed by atoms with Crippen LogP contribution in [0.1, 0.15) is 19.4 Å². The molecule has 0 bridgehead atoms. The third-order valence-corrected chi connectivity index (χ3v) is 3.14. The molecule has 6 heteroatoms. The highest BCUT2D eigenvalue weighted by Crippen LogP contribution is 2.25. The minimum atomic E-state index is -0.456. The molecule has 19 heavy (non-hydrogen) atoms. The fraction of sp³-hybridized carbons (Fsp3) is 0.538. The molecule has 0 amide bonds. The van der Waals surface area contributed by atoms with Crippen LogP contribution in [0.25, 0.3) is 0 Å². The van der Waals surface area contributed by atoms with Crippen molar-refractivity contribution in [3.8, 4) is 0 Å². The Morgan fingerprint density at radius 1 is 1.42 bits per heavy atom. The van der Waals surface area contributed by atoms with Gasteiger partial charge in [0.2, 0.25) is 0 Å². The number of nitro benzene ring substituents is 1. The summed E-state index contributed by atoms with van der Waals surface area (Å²) in [6, 6.07) is 4.93. The molecule has 0 aliphatic heterocycles. The lowest BCUT2D eigenvalue weighted by molar-refractivity contribution is -0.384. The molecule has 1 rings (SSSR count). The van der Waals surface area contributed by atoms with E-state index in [1.807, 2.05) is 13.0 Å². The molecule has 5 nitrogen and oxygen atoms in total. The highest BCUT2D eigenvalue weighted by molar-refractivity contribution is 6.32. The second kappa shape index (κ2) is 8.09. The minimum Gasteiger partial charge on any atom is -0.380 e. The van der Waals surface area contributed by atoms with Crippen molar-refractivity contribution in [2.24, 2.45) is 0 Å². The summed E-state index contributed by atoms with van der Waals surface area (Å²) in [5.41, 5.74) is 0.842. The van der Waals surface area contributed by atoms with Gasteiger partial charge in [-0.05, 0) is 25.1 Å². The Bertz CT molecular complexity index is 426. The van der Waals surface area contributed by atoms with Crippen LogP contribution in [0.2, 0.25) is 5.02 Å². The van der Waals surface area contributed by atoms with Crippen LogP contribution in [-0.4, -0.2) is 36.1 Å². The molecule has 0 aliphatic carbocycles. The Morgan fingerprint density at radius 2 is 2.16 bits per heavy atom. The summed E-state index contributed by atoms with van der Waals surface area (Å²) < 4.78 is 5.31. The van der Waals surface area contributed by atoms with Crippen LogP contribution in [0.3, 0.4) is 0 Å². The van der Waals surface area contributed by atoms with Gasteiger partial charge in [-0.1, -0.05) is 24.6 Å². The van der Waals surface area contributed by atoms with Gasteiger partial charge in [-0.25, -0.2) is 0 Å². The molecule has 0 N–H and O–H groups in total. The lowest BCUT2D eigenvalue weighted by Crippen LogP contribution is -2.27. The summed E-state index contributed by atoms with van der Waals surface area (Å²) in [5, 5.41) is 11.0. The van der Waals surface area contributed by atoms with Gasteiger partial charge in [0, 0.05) is 25.8 Å². The van der Waals surface area contributed by atoms with E-state index >= 15 is 0 Å². The second-order valence-corrected chi connectivity index (χ2v) is 4.52. The van der Waals surface area contributed by atoms with Crippen molar-refractivity contribution in [1.29, 1.82) is 0 Å². The molecule has 1 aromatic carbocycles. The zero-order valence-electron chi connectivity index (χ0n) is 11.3. The Hall–Kier alpha value is -1.17. The van der Waals surface area contributed by atoms with E-state index in [4.69, 9.17) is 16.3 Å². The minimum absolute atomic E-state index is 0.0416. The average molecular weight is 287 g/mol. The van der Waals surface area contributed by atoms with E-state index in [1.54, 1.807) is 6.07 Å². The van der Waals surface area contributed by atoms with Crippen molar-refractivity contribution < 1.29 is 9.66 Å². The maximum absolute atomic E-state index is 10.8. The van der Waals surface area contributed by atoms with Gasteiger partial charge in [0.25, 0.3) is 5.69 Å². The molecule has 0 heterocycles. The van der Waals surface area contributed by atoms with Crippen molar-refractivity contribution in [2.45, 2.75) is 20.4 Å². The zero-order valence-corrected chi connectivity index (χ0v) is 12.0. The van der Waals surface area contributed by atoms with Crippen molar-refractivity contribution in [1.82, 2.24) is 4.90 Å². The lowest BCUT2D eigenvalue weighted by Gasteiger charge is -2.20. The molecule has 1 aromatic rings. The Labute approximate surface area is 118 Å². The van der Waals surface area contributed by atoms with Crippen LogP contribution in [0, 0.1) is 10.1 Å². The van der Waals surface area contributed by atoms with Crippen LogP contribution in [0.5, 0.6) is 0 Å². The highest BCUT2D eigenvalue weighted by atomic mass is 35.5. The Balaban J connectivity index is 2.69. The van der Waals surface area contributed by atoms with Crippen LogP contribution < -0.4 is 0 Å². The standard InChI is InChI=1S/C13H19ClN2O3/c1-3-15(7-8-19-4-2)10-11-5-6-12(14)13(9-11)16(17)18/h5-6,9H,3-4,7-8,10H2,1-2H3. The third kappa shape index (κ3) is 5.14. The second-order valence-electron chi connectivity index (χ2n) is 4.11. The van der Waals surface area contributed by atoms with Gasteiger partial charge >= 0.3 is 0 Å². The summed E-state index contributed by atoms with van der Waals surface area (Å²) in [4.78, 5) is 12.5. The van der Waals surface area contributed by atoms with E-state index in [2.05, 4.69) is 11.8 Å². The summed E-state index contributed by atoms with van der Waals surface area (Å²) >= 11 is 5.79. The average Bonchev–Trinajstić information content (AvgIpc) is 2.39. The molecule has 0 unspecified atom stereocenters. The summed E-state index contributed by atoms with van der Waals surface area (Å²) in [5.74, 6) is 0. The van der Waals surface area contributed by atoms with Gasteiger partial charge in [-0.15, -0.1) is 0 Å². The van der Waals surface area contributed by atoms with Crippen molar-refractivity contribution in [2.75, 3.05) is 26.3 Å². The van der Waals surface area contributed by atoms with E-state index in [1.165, 1.54) is 6.07 Å². The molecule has 0 saturated heterocycles. The van der Waals surface area contributed by atoms with E-state index < -0.39 is 4.92 Å². The maximum Gasteiger partial charge on any atom is 0.288 e. The molecule has 0 atom stereocenters. The van der Waals surface area contributed by atoms with Crippen LogP contribution in [-0.2, 0) is 11.3 Å². The lowest BCUT2D eigenvalue weighted by atomic mass is 10.2. The van der Waals surface area contributed by atoms with Crippen LogP contribution in [0.15, 0.2) is 18.2 Å². The largest absolute Gasteiger partial charge is 0.380 e. The first-order chi connectivity index (χ1) is 9.08. The third-order valence-electron chi connectivity index (χ3n) is 2.82. The molecule has 0 aliphatic rings. The van der Waals surface area contributed by atoms with Gasteiger partial charge in [-0.2, -0.15) is 0 Å². The molecule has 0 fully saturated rings. The predicted molar refractivity (Wildman–Crippen MR) is 75.6 cm³/mol. The summed E-state index contributed by atoms with van der Waals surface area (Å²) in [6.45, 7) is 7.70. The number of nitrogens with zero attached hydrogens (tertiary/aromatic N) is 2. The van der Waals surface area contributed by atoms with Gasteiger partial charge < -0.3 is 4.74 Å². The molecule has 0 spiro atoms. The monoisotopic (exact) mass is 286 g/mol. The first-order valence-corrected chi connectivity index (χ1v) is 6.69. The SMILES string of the molecule is CCOCCN(CC)Cc1ccc(Cl)c([N+](=O)[O-])c1. The number of benzene rings is 1. The van der Waals surface area contributed by atoms with Crippen LogP contribution >= 0.6 is 11.6 Å². The number of hydrogen-bond donors (Lipinski definition) is 0. The number of likely N-dealkylation sites (N-methyl/N-ethyl adjacent to an activating group) is 1. The van der Waals surface area contributed by atoms with Crippen LogP contribution in [0.4, 0.5) is 5.69 Å². The molecule has 0 saturated carbocycles. The van der Waals surface area contributed by atoms with E-state index in [-0.39, 0.29) is 10.7 Å². The van der Waals surface area contributed by atoms with Gasteiger partial charge in [0.1, 0.15) is 5.02 Å². The fourth-order valence-electron chi connectivity index (χ4n) is 1.74. The van der Waals surface area contributed by atoms with E-state index in [9.17, 15) is 10.1 Å². The summed E-state index contributed by atoms with van der Waals surface area (Å²) in [7, 11) is 0.